The van der Waals surface area contributed by atoms with Crippen molar-refractivity contribution < 1.29 is 27.9 Å². The van der Waals surface area contributed by atoms with Crippen LogP contribution in [0.15, 0.2) is 65.3 Å². The number of hydrogen-bond acceptors (Lipinski definition) is 7. The average Bonchev–Trinajstić information content (AvgIpc) is 3.44. The fourth-order valence-corrected chi connectivity index (χ4v) is 4.21. The van der Waals surface area contributed by atoms with Gasteiger partial charge in [0.1, 0.15) is 11.6 Å². The molecule has 2 aromatic carbocycles. The number of furan rings is 1. The van der Waals surface area contributed by atoms with E-state index in [0.717, 1.165) is 18.8 Å². The second kappa shape index (κ2) is 11.6. The number of carbonyl (C=O) groups excluding carboxylic acids is 2. The lowest BCUT2D eigenvalue weighted by Gasteiger charge is -2.39. The van der Waals surface area contributed by atoms with Crippen molar-refractivity contribution in [3.63, 3.8) is 0 Å². The number of anilines is 2. The van der Waals surface area contributed by atoms with Crippen molar-refractivity contribution in [3.05, 3.63) is 72.4 Å². The molecule has 4 rings (SSSR count). The van der Waals surface area contributed by atoms with E-state index >= 15 is 0 Å². The topological polar surface area (TPSA) is 96.3 Å². The lowest BCUT2D eigenvalue weighted by atomic mass is 10.1. The maximum Gasteiger partial charge on any atom is 0.313 e. The Morgan fingerprint density at radius 3 is 2.33 bits per heavy atom. The molecule has 1 unspecified atom stereocenters. The van der Waals surface area contributed by atoms with Gasteiger partial charge in [-0.2, -0.15) is 0 Å². The Balaban J connectivity index is 1.35. The molecule has 0 aliphatic carbocycles. The average molecular weight is 497 g/mol. The Bertz CT molecular complexity index is 1160. The van der Waals surface area contributed by atoms with Crippen LogP contribution in [0.1, 0.15) is 11.8 Å². The van der Waals surface area contributed by atoms with Crippen molar-refractivity contribution >= 4 is 23.2 Å². The standard InChI is InChI=1S/C26H29FN4O5/c1-34-23-10-7-19(16-24(23)35-2)29-26(33)25(32)28-17-21(22-4-3-15-36-22)31-13-11-30(12-14-31)20-8-5-18(27)6-9-20/h3-10,15-16,21H,11-14,17H2,1-2H3,(H,28,32)(H,29,33). The van der Waals surface area contributed by atoms with Crippen LogP contribution < -0.4 is 25.0 Å². The molecule has 1 aliphatic rings. The highest BCUT2D eigenvalue weighted by molar-refractivity contribution is 6.39. The molecule has 0 saturated carbocycles. The molecule has 2 N–H and O–H groups in total. The van der Waals surface area contributed by atoms with E-state index in [0.29, 0.717) is 36.0 Å². The van der Waals surface area contributed by atoms with E-state index in [9.17, 15) is 14.0 Å². The van der Waals surface area contributed by atoms with Crippen LogP contribution in [0.2, 0.25) is 0 Å². The summed E-state index contributed by atoms with van der Waals surface area (Å²) in [5.41, 5.74) is 1.37. The summed E-state index contributed by atoms with van der Waals surface area (Å²) in [6.07, 6.45) is 1.59. The molecule has 9 nitrogen and oxygen atoms in total. The summed E-state index contributed by atoms with van der Waals surface area (Å²) in [6.45, 7) is 3.07. The first-order valence-corrected chi connectivity index (χ1v) is 11.6. The number of ether oxygens (including phenoxy) is 2. The summed E-state index contributed by atoms with van der Waals surface area (Å²) in [5.74, 6) is -0.158. The first-order chi connectivity index (χ1) is 17.5. The van der Waals surface area contributed by atoms with Crippen LogP contribution in [-0.4, -0.2) is 63.7 Å². The van der Waals surface area contributed by atoms with Gasteiger partial charge in [0, 0.05) is 50.2 Å². The summed E-state index contributed by atoms with van der Waals surface area (Å²) in [5, 5.41) is 5.30. The number of nitrogens with one attached hydrogen (secondary N) is 2. The predicted molar refractivity (Wildman–Crippen MR) is 133 cm³/mol. The van der Waals surface area contributed by atoms with Gasteiger partial charge in [0.05, 0.1) is 26.5 Å². The zero-order chi connectivity index (χ0) is 25.5. The Morgan fingerprint density at radius 2 is 1.69 bits per heavy atom. The maximum absolute atomic E-state index is 13.3. The molecule has 190 valence electrons. The lowest BCUT2D eigenvalue weighted by Crippen LogP contribution is -2.50. The molecule has 2 heterocycles. The van der Waals surface area contributed by atoms with Crippen LogP contribution in [-0.2, 0) is 9.59 Å². The van der Waals surface area contributed by atoms with Gasteiger partial charge in [-0.3, -0.25) is 14.5 Å². The Morgan fingerprint density at radius 1 is 0.972 bits per heavy atom. The van der Waals surface area contributed by atoms with E-state index in [1.807, 2.05) is 6.07 Å². The molecule has 0 bridgehead atoms. The van der Waals surface area contributed by atoms with Crippen LogP contribution >= 0.6 is 0 Å². The summed E-state index contributed by atoms with van der Waals surface area (Å²) < 4.78 is 29.3. The number of halogens is 1. The summed E-state index contributed by atoms with van der Waals surface area (Å²) in [7, 11) is 3.01. The van der Waals surface area contributed by atoms with Crippen LogP contribution in [0, 0.1) is 5.82 Å². The maximum atomic E-state index is 13.3. The molecule has 36 heavy (non-hydrogen) atoms. The first-order valence-electron chi connectivity index (χ1n) is 11.6. The van der Waals surface area contributed by atoms with Crippen molar-refractivity contribution in [1.29, 1.82) is 0 Å². The Labute approximate surface area is 208 Å². The van der Waals surface area contributed by atoms with Crippen LogP contribution in [0.25, 0.3) is 0 Å². The zero-order valence-electron chi connectivity index (χ0n) is 20.2. The number of carbonyl (C=O) groups is 2. The molecule has 1 saturated heterocycles. The van der Waals surface area contributed by atoms with Gasteiger partial charge in [-0.1, -0.05) is 0 Å². The number of methoxy groups -OCH3 is 2. The van der Waals surface area contributed by atoms with Crippen LogP contribution in [0.5, 0.6) is 11.5 Å². The number of rotatable bonds is 8. The Kier molecular flexibility index (Phi) is 8.06. The molecule has 10 heteroatoms. The largest absolute Gasteiger partial charge is 0.493 e. The third kappa shape index (κ3) is 5.95. The number of benzene rings is 2. The minimum Gasteiger partial charge on any atom is -0.493 e. The fraction of sp³-hybridized carbons (Fsp3) is 0.308. The van der Waals surface area contributed by atoms with Crippen LogP contribution in [0.4, 0.5) is 15.8 Å². The van der Waals surface area contributed by atoms with Gasteiger partial charge in [-0.05, 0) is 48.5 Å². The van der Waals surface area contributed by atoms with Gasteiger partial charge in [-0.15, -0.1) is 0 Å². The normalized spacial score (nSPS) is 14.7. The van der Waals surface area contributed by atoms with E-state index < -0.39 is 11.8 Å². The summed E-state index contributed by atoms with van der Waals surface area (Å²) in [4.78, 5) is 29.5. The third-order valence-corrected chi connectivity index (χ3v) is 6.12. The highest BCUT2D eigenvalue weighted by Gasteiger charge is 2.28. The van der Waals surface area contributed by atoms with Gasteiger partial charge < -0.3 is 29.4 Å². The zero-order valence-corrected chi connectivity index (χ0v) is 20.2. The van der Waals surface area contributed by atoms with Crippen molar-refractivity contribution in [2.75, 3.05) is 57.2 Å². The minimum atomic E-state index is -0.790. The summed E-state index contributed by atoms with van der Waals surface area (Å²) in [6, 6.07) is 14.7. The van der Waals surface area contributed by atoms with Gasteiger partial charge >= 0.3 is 11.8 Å². The quantitative estimate of drug-likeness (QED) is 0.463. The van der Waals surface area contributed by atoms with E-state index in [4.69, 9.17) is 13.9 Å². The van der Waals surface area contributed by atoms with E-state index in [1.165, 1.54) is 26.4 Å². The monoisotopic (exact) mass is 496 g/mol. The highest BCUT2D eigenvalue weighted by Crippen LogP contribution is 2.30. The number of hydrogen-bond donors (Lipinski definition) is 2. The molecular weight excluding hydrogens is 467 g/mol. The van der Waals surface area contributed by atoms with Gasteiger partial charge in [0.2, 0.25) is 0 Å². The van der Waals surface area contributed by atoms with Crippen molar-refractivity contribution in [2.24, 2.45) is 0 Å². The molecule has 1 fully saturated rings. The van der Waals surface area contributed by atoms with Crippen molar-refractivity contribution in [1.82, 2.24) is 10.2 Å². The lowest BCUT2D eigenvalue weighted by molar-refractivity contribution is -0.136. The second-order valence-electron chi connectivity index (χ2n) is 8.26. The van der Waals surface area contributed by atoms with E-state index in [1.54, 1.807) is 42.7 Å². The number of amides is 2. The Hall–Kier alpha value is -4.05. The number of piperazine rings is 1. The van der Waals surface area contributed by atoms with Crippen molar-refractivity contribution in [3.8, 4) is 11.5 Å². The van der Waals surface area contributed by atoms with Gasteiger partial charge in [0.25, 0.3) is 0 Å². The fourth-order valence-electron chi connectivity index (χ4n) is 4.21. The first kappa shape index (κ1) is 25.1. The SMILES string of the molecule is COc1ccc(NC(=O)C(=O)NCC(c2ccco2)N2CCN(c3ccc(F)cc3)CC2)cc1OC. The van der Waals surface area contributed by atoms with Gasteiger partial charge in [0.15, 0.2) is 11.5 Å². The molecule has 3 aromatic rings. The molecule has 0 spiro atoms. The molecular formula is C26H29FN4O5. The number of nitrogens with zero attached hydrogens (tertiary/aromatic N) is 2. The molecule has 1 aromatic heterocycles. The molecule has 1 atom stereocenters. The van der Waals surface area contributed by atoms with Gasteiger partial charge in [-0.25, -0.2) is 4.39 Å². The van der Waals surface area contributed by atoms with Crippen molar-refractivity contribution in [2.45, 2.75) is 6.04 Å². The van der Waals surface area contributed by atoms with E-state index in [2.05, 4.69) is 20.4 Å². The highest BCUT2D eigenvalue weighted by atomic mass is 19.1. The second-order valence-corrected chi connectivity index (χ2v) is 8.26. The van der Waals surface area contributed by atoms with E-state index in [-0.39, 0.29) is 18.4 Å². The molecule has 2 amide bonds. The smallest absolute Gasteiger partial charge is 0.313 e. The molecule has 1 aliphatic heterocycles. The predicted octanol–water partition coefficient (Wildman–Crippen LogP) is 3.05. The summed E-state index contributed by atoms with van der Waals surface area (Å²) >= 11 is 0. The third-order valence-electron chi connectivity index (χ3n) is 6.12. The molecule has 0 radical (unpaired) electrons. The minimum absolute atomic E-state index is 0.197. The van der Waals surface area contributed by atoms with Crippen LogP contribution in [0.3, 0.4) is 0 Å².